The number of amides is 2. The molecule has 3 aliphatic heterocycles. The number of aliphatic carboxylic acids is 1. The van der Waals surface area contributed by atoms with E-state index in [0.717, 1.165) is 11.8 Å². The molecule has 4 rings (SSSR count). The Morgan fingerprint density at radius 3 is 2.61 bits per heavy atom. The minimum absolute atomic E-state index is 0.0541. The second-order valence-corrected chi connectivity index (χ2v) is 9.07. The summed E-state index contributed by atoms with van der Waals surface area (Å²) in [4.78, 5) is 40.5. The van der Waals surface area contributed by atoms with E-state index in [0.29, 0.717) is 23.0 Å². The lowest BCUT2D eigenvalue weighted by Gasteiger charge is -2.49. The maximum absolute atomic E-state index is 12.8. The zero-order chi connectivity index (χ0) is 20.4. The van der Waals surface area contributed by atoms with E-state index in [1.54, 1.807) is 27.8 Å². The molecule has 0 spiro atoms. The molecule has 0 radical (unpaired) electrons. The first kappa shape index (κ1) is 18.7. The third kappa shape index (κ3) is 2.82. The van der Waals surface area contributed by atoms with Crippen LogP contribution in [0.1, 0.15) is 27.2 Å². The van der Waals surface area contributed by atoms with E-state index >= 15 is 0 Å². The summed E-state index contributed by atoms with van der Waals surface area (Å²) >= 11 is 1.13. The molecule has 2 saturated heterocycles. The van der Waals surface area contributed by atoms with Crippen LogP contribution in [0.3, 0.4) is 0 Å². The summed E-state index contributed by atoms with van der Waals surface area (Å²) in [6.45, 7) is 5.62. The fourth-order valence-corrected chi connectivity index (χ4v) is 4.95. The van der Waals surface area contributed by atoms with E-state index in [1.165, 1.54) is 14.5 Å². The fourth-order valence-electron chi connectivity index (χ4n) is 3.91. The molecule has 2 fully saturated rings. The van der Waals surface area contributed by atoms with Crippen molar-refractivity contribution in [1.29, 1.82) is 0 Å². The number of allylic oxidation sites excluding steroid dienone is 1. The second kappa shape index (κ2) is 6.19. The molecule has 1 aromatic rings. The SMILES string of the molecule is Cn1nnnc1SC1=C(C(=O)O)N2C(=O)[C@@H]3[C@H]2[C@H](C1)CN3C(=O)OC(C)(C)C. The van der Waals surface area contributed by atoms with Crippen LogP contribution < -0.4 is 0 Å². The van der Waals surface area contributed by atoms with Crippen LogP contribution in [-0.4, -0.2) is 77.3 Å². The number of aromatic nitrogens is 4. The van der Waals surface area contributed by atoms with Gasteiger partial charge in [-0.25, -0.2) is 14.3 Å². The van der Waals surface area contributed by atoms with Gasteiger partial charge >= 0.3 is 12.1 Å². The van der Waals surface area contributed by atoms with Crippen LogP contribution in [-0.2, 0) is 21.4 Å². The largest absolute Gasteiger partial charge is 0.477 e. The van der Waals surface area contributed by atoms with E-state index in [4.69, 9.17) is 4.74 Å². The van der Waals surface area contributed by atoms with Crippen molar-refractivity contribution in [3.63, 3.8) is 0 Å². The van der Waals surface area contributed by atoms with Gasteiger partial charge in [-0.05, 0) is 37.6 Å². The van der Waals surface area contributed by atoms with Crippen LogP contribution in [0, 0.1) is 5.92 Å². The number of carboxylic acid groups (broad SMARTS) is 1. The Morgan fingerprint density at radius 1 is 1.32 bits per heavy atom. The molecule has 2 amide bonds. The molecular weight excluding hydrogens is 388 g/mol. The van der Waals surface area contributed by atoms with Gasteiger partial charge in [0, 0.05) is 24.4 Å². The zero-order valence-electron chi connectivity index (χ0n) is 15.8. The lowest BCUT2D eigenvalue weighted by Crippen LogP contribution is -2.69. The number of likely N-dealkylation sites (tertiary alicyclic amines) is 1. The maximum Gasteiger partial charge on any atom is 0.411 e. The summed E-state index contributed by atoms with van der Waals surface area (Å²) in [5.74, 6) is -1.65. The summed E-state index contributed by atoms with van der Waals surface area (Å²) < 4.78 is 6.86. The summed E-state index contributed by atoms with van der Waals surface area (Å²) in [5, 5.41) is 21.4. The lowest BCUT2D eigenvalue weighted by molar-refractivity contribution is -0.156. The number of tetrazole rings is 1. The number of carboxylic acids is 1. The van der Waals surface area contributed by atoms with Crippen molar-refractivity contribution in [2.24, 2.45) is 13.0 Å². The zero-order valence-corrected chi connectivity index (χ0v) is 16.6. The molecule has 0 saturated carbocycles. The van der Waals surface area contributed by atoms with Gasteiger partial charge in [0.25, 0.3) is 5.91 Å². The Kier molecular flexibility index (Phi) is 4.14. The molecule has 11 nitrogen and oxygen atoms in total. The number of β-lactam (4-membered cyclic amide) rings is 1. The first-order valence-corrected chi connectivity index (χ1v) is 9.59. The Bertz CT molecular complexity index is 906. The molecule has 1 aromatic heterocycles. The Balaban J connectivity index is 1.63. The quantitative estimate of drug-likeness (QED) is 0.708. The first-order valence-electron chi connectivity index (χ1n) is 8.78. The normalized spacial score (nSPS) is 26.3. The van der Waals surface area contributed by atoms with E-state index in [1.807, 2.05) is 0 Å². The number of nitrogens with zero attached hydrogens (tertiary/aromatic N) is 6. The van der Waals surface area contributed by atoms with Gasteiger partial charge in [-0.2, -0.15) is 0 Å². The highest BCUT2D eigenvalue weighted by Gasteiger charge is 2.64. The highest BCUT2D eigenvalue weighted by atomic mass is 32.2. The van der Waals surface area contributed by atoms with Gasteiger partial charge in [-0.3, -0.25) is 14.6 Å². The van der Waals surface area contributed by atoms with E-state index in [2.05, 4.69) is 15.5 Å². The molecule has 150 valence electrons. The monoisotopic (exact) mass is 408 g/mol. The summed E-state index contributed by atoms with van der Waals surface area (Å²) in [6.07, 6.45) is -0.132. The van der Waals surface area contributed by atoms with Crippen molar-refractivity contribution in [2.45, 2.75) is 50.0 Å². The van der Waals surface area contributed by atoms with Crippen molar-refractivity contribution in [1.82, 2.24) is 30.0 Å². The Labute approximate surface area is 164 Å². The first-order chi connectivity index (χ1) is 13.1. The van der Waals surface area contributed by atoms with Crippen molar-refractivity contribution in [3.05, 3.63) is 10.6 Å². The van der Waals surface area contributed by atoms with Crippen LogP contribution in [0.5, 0.6) is 0 Å². The van der Waals surface area contributed by atoms with Gasteiger partial charge in [0.05, 0.1) is 6.04 Å². The van der Waals surface area contributed by atoms with Crippen molar-refractivity contribution in [3.8, 4) is 0 Å². The third-order valence-corrected chi connectivity index (χ3v) is 6.08. The number of hydrogen-bond acceptors (Lipinski definition) is 8. The molecular formula is C16H20N6O5S. The van der Waals surface area contributed by atoms with Crippen LogP contribution in [0.25, 0.3) is 0 Å². The van der Waals surface area contributed by atoms with Gasteiger partial charge in [-0.15, -0.1) is 5.10 Å². The molecule has 0 aliphatic carbocycles. The standard InChI is InChI=1S/C16H20N6O5S/c1-16(2,3)27-15(26)21-6-7-5-8(28-14-17-18-19-20(14)4)10(13(24)25)22-9(7)11(21)12(22)23/h7,9,11H,5-6H2,1-4H3,(H,24,25)/t7-,9-,11+/m1/s1. The third-order valence-electron chi connectivity index (χ3n) is 4.94. The Hall–Kier alpha value is -2.63. The smallest absolute Gasteiger partial charge is 0.411 e. The van der Waals surface area contributed by atoms with Gasteiger partial charge in [-0.1, -0.05) is 11.8 Å². The van der Waals surface area contributed by atoms with E-state index < -0.39 is 29.6 Å². The van der Waals surface area contributed by atoms with Gasteiger partial charge < -0.3 is 9.84 Å². The molecule has 0 aromatic carbocycles. The second-order valence-electron chi connectivity index (χ2n) is 8.00. The average Bonchev–Trinajstić information content (AvgIpc) is 3.14. The van der Waals surface area contributed by atoms with E-state index in [-0.39, 0.29) is 17.7 Å². The number of ether oxygens (including phenoxy) is 1. The van der Waals surface area contributed by atoms with Crippen LogP contribution >= 0.6 is 11.8 Å². The molecule has 0 bridgehead atoms. The minimum Gasteiger partial charge on any atom is -0.477 e. The van der Waals surface area contributed by atoms with Crippen LogP contribution in [0.15, 0.2) is 15.8 Å². The van der Waals surface area contributed by atoms with E-state index in [9.17, 15) is 19.5 Å². The highest BCUT2D eigenvalue weighted by Crippen LogP contribution is 2.50. The number of carbonyl (C=O) groups excluding carboxylic acids is 2. The van der Waals surface area contributed by atoms with Crippen molar-refractivity contribution >= 4 is 29.7 Å². The number of carbonyl (C=O) groups is 3. The molecule has 1 N–H and O–H groups in total. The predicted octanol–water partition coefficient (Wildman–Crippen LogP) is 0.448. The molecule has 3 atom stereocenters. The summed E-state index contributed by atoms with van der Waals surface area (Å²) in [5.41, 5.74) is -0.734. The highest BCUT2D eigenvalue weighted by molar-refractivity contribution is 8.03. The molecule has 0 unspecified atom stereocenters. The maximum atomic E-state index is 12.8. The Morgan fingerprint density at radius 2 is 2.04 bits per heavy atom. The summed E-state index contributed by atoms with van der Waals surface area (Å²) in [6, 6.07) is -1.01. The fraction of sp³-hybridized carbons (Fsp3) is 0.625. The molecule has 4 heterocycles. The predicted molar refractivity (Wildman–Crippen MR) is 94.8 cm³/mol. The van der Waals surface area contributed by atoms with Gasteiger partial charge in [0.2, 0.25) is 5.16 Å². The minimum atomic E-state index is -1.18. The summed E-state index contributed by atoms with van der Waals surface area (Å²) in [7, 11) is 1.65. The topological polar surface area (TPSA) is 131 Å². The number of rotatable bonds is 3. The molecule has 12 heteroatoms. The van der Waals surface area contributed by atoms with Crippen LogP contribution in [0.2, 0.25) is 0 Å². The number of hydrogen-bond donors (Lipinski definition) is 1. The molecule has 3 aliphatic rings. The number of aryl methyl sites for hydroxylation is 1. The van der Waals surface area contributed by atoms with Gasteiger partial charge in [0.1, 0.15) is 17.3 Å². The van der Waals surface area contributed by atoms with Gasteiger partial charge in [0.15, 0.2) is 0 Å². The van der Waals surface area contributed by atoms with Crippen molar-refractivity contribution < 1.29 is 24.2 Å². The number of thioether (sulfide) groups is 1. The van der Waals surface area contributed by atoms with Crippen molar-refractivity contribution in [2.75, 3.05) is 6.54 Å². The lowest BCUT2D eigenvalue weighted by atomic mass is 9.82. The van der Waals surface area contributed by atoms with Crippen LogP contribution in [0.4, 0.5) is 4.79 Å². The average molecular weight is 408 g/mol. The molecule has 28 heavy (non-hydrogen) atoms.